The van der Waals surface area contributed by atoms with Gasteiger partial charge in [-0.2, -0.15) is 0 Å². The van der Waals surface area contributed by atoms with Gasteiger partial charge in [-0.05, 0) is 60.4 Å². The maximum Gasteiger partial charge on any atom is 0.331 e. The van der Waals surface area contributed by atoms with Crippen LogP contribution in [0.5, 0.6) is 5.75 Å². The summed E-state index contributed by atoms with van der Waals surface area (Å²) in [7, 11) is 3.23. The van der Waals surface area contributed by atoms with E-state index in [1.54, 1.807) is 23.7 Å². The third-order valence-corrected chi connectivity index (χ3v) is 7.31. The van der Waals surface area contributed by atoms with Crippen molar-refractivity contribution in [3.8, 4) is 22.7 Å². The first kappa shape index (κ1) is 22.0. The molecule has 0 aliphatic carbocycles. The van der Waals surface area contributed by atoms with E-state index in [2.05, 4.69) is 35.9 Å². The molecule has 0 fully saturated rings. The quantitative estimate of drug-likeness (QED) is 0.391. The number of fused-ring (bicyclic) bond motifs is 5. The van der Waals surface area contributed by atoms with E-state index in [1.165, 1.54) is 11.6 Å². The molecule has 1 unspecified atom stereocenters. The first-order valence-corrected chi connectivity index (χ1v) is 11.8. The number of nitrogens with one attached hydrogen (secondary N) is 1. The third kappa shape index (κ3) is 2.99. The Labute approximate surface area is 207 Å². The van der Waals surface area contributed by atoms with E-state index in [4.69, 9.17) is 0 Å². The fourth-order valence-corrected chi connectivity index (χ4v) is 5.31. The lowest BCUT2D eigenvalue weighted by atomic mass is 9.98. The van der Waals surface area contributed by atoms with E-state index in [1.807, 2.05) is 42.5 Å². The molecule has 0 amide bonds. The van der Waals surface area contributed by atoms with Crippen molar-refractivity contribution < 1.29 is 5.11 Å². The largest absolute Gasteiger partial charge is 0.508 e. The number of aromatic nitrogens is 3. The molecule has 180 valence electrons. The minimum absolute atomic E-state index is 0.174. The second kappa shape index (κ2) is 7.75. The maximum absolute atomic E-state index is 13.7. The smallest absolute Gasteiger partial charge is 0.331 e. The molecular formula is C29H26N4O3. The second-order valence-corrected chi connectivity index (χ2v) is 9.49. The zero-order valence-electron chi connectivity index (χ0n) is 20.5. The number of anilines is 1. The summed E-state index contributed by atoms with van der Waals surface area (Å²) < 4.78 is 4.87. The number of phenols is 1. The first-order valence-electron chi connectivity index (χ1n) is 11.8. The molecule has 1 aliphatic rings. The average molecular weight is 479 g/mol. The summed E-state index contributed by atoms with van der Waals surface area (Å²) in [5.41, 5.74) is 7.38. The number of benzene rings is 3. The van der Waals surface area contributed by atoms with Gasteiger partial charge in [0.25, 0.3) is 5.56 Å². The molecular weight excluding hydrogens is 452 g/mol. The predicted molar refractivity (Wildman–Crippen MR) is 142 cm³/mol. The molecule has 36 heavy (non-hydrogen) atoms. The van der Waals surface area contributed by atoms with Crippen LogP contribution in [0.2, 0.25) is 0 Å². The molecule has 2 aromatic heterocycles. The number of aromatic hydroxyl groups is 1. The molecule has 5 aromatic rings. The average Bonchev–Trinajstić information content (AvgIpc) is 3.24. The van der Waals surface area contributed by atoms with Crippen molar-refractivity contribution in [3.05, 3.63) is 110 Å². The molecule has 0 bridgehead atoms. The van der Waals surface area contributed by atoms with Crippen LogP contribution >= 0.6 is 0 Å². The van der Waals surface area contributed by atoms with Gasteiger partial charge in [0, 0.05) is 14.1 Å². The Kier molecular flexibility index (Phi) is 4.73. The number of aryl methyl sites for hydroxylation is 3. The Hall–Kier alpha value is -4.52. The first-order chi connectivity index (χ1) is 17.3. The molecule has 1 atom stereocenters. The number of hydrogen-bond donors (Lipinski definition) is 2. The maximum atomic E-state index is 13.7. The highest BCUT2D eigenvalue weighted by molar-refractivity contribution is 5.99. The van der Waals surface area contributed by atoms with Crippen LogP contribution in [0, 0.1) is 13.8 Å². The van der Waals surface area contributed by atoms with Crippen LogP contribution in [0.4, 0.5) is 5.69 Å². The van der Waals surface area contributed by atoms with Gasteiger partial charge in [-0.15, -0.1) is 0 Å². The predicted octanol–water partition coefficient (Wildman–Crippen LogP) is 4.53. The van der Waals surface area contributed by atoms with Crippen molar-refractivity contribution in [1.82, 2.24) is 13.7 Å². The Morgan fingerprint density at radius 3 is 2.22 bits per heavy atom. The van der Waals surface area contributed by atoms with E-state index < -0.39 is 0 Å². The third-order valence-electron chi connectivity index (χ3n) is 7.31. The van der Waals surface area contributed by atoms with Gasteiger partial charge < -0.3 is 15.0 Å². The Balaban J connectivity index is 1.87. The van der Waals surface area contributed by atoms with Gasteiger partial charge in [0.15, 0.2) is 0 Å². The van der Waals surface area contributed by atoms with Crippen LogP contribution in [-0.2, 0) is 14.1 Å². The SMILES string of the molecule is Cc1cc2c(cc1C)-n1c(-c3ccccc3)c3c(=O)n(C)c(=O)n(C)c3c1C(c1ccc(O)cc1)N2. The van der Waals surface area contributed by atoms with E-state index in [0.717, 1.165) is 45.0 Å². The van der Waals surface area contributed by atoms with Crippen molar-refractivity contribution in [2.45, 2.75) is 19.9 Å². The van der Waals surface area contributed by atoms with Crippen molar-refractivity contribution in [3.63, 3.8) is 0 Å². The van der Waals surface area contributed by atoms with Crippen LogP contribution in [0.15, 0.2) is 76.3 Å². The molecule has 0 saturated heterocycles. The second-order valence-electron chi connectivity index (χ2n) is 9.49. The number of hydrogen-bond acceptors (Lipinski definition) is 4. The van der Waals surface area contributed by atoms with Gasteiger partial charge in [-0.3, -0.25) is 13.9 Å². The zero-order valence-corrected chi connectivity index (χ0v) is 20.5. The van der Waals surface area contributed by atoms with Gasteiger partial charge in [0.05, 0.1) is 39.7 Å². The summed E-state index contributed by atoms with van der Waals surface area (Å²) in [4.78, 5) is 26.8. The Morgan fingerprint density at radius 2 is 1.53 bits per heavy atom. The molecule has 3 heterocycles. The van der Waals surface area contributed by atoms with Crippen LogP contribution in [0.1, 0.15) is 28.4 Å². The van der Waals surface area contributed by atoms with Crippen molar-refractivity contribution >= 4 is 16.6 Å². The normalized spacial score (nSPS) is 14.4. The molecule has 7 nitrogen and oxygen atoms in total. The van der Waals surface area contributed by atoms with Gasteiger partial charge in [0.2, 0.25) is 0 Å². The number of nitrogens with zero attached hydrogens (tertiary/aromatic N) is 3. The van der Waals surface area contributed by atoms with Crippen LogP contribution in [0.25, 0.3) is 27.8 Å². The fourth-order valence-electron chi connectivity index (χ4n) is 5.31. The summed E-state index contributed by atoms with van der Waals surface area (Å²) in [5.74, 6) is 0.174. The highest BCUT2D eigenvalue weighted by Crippen LogP contribution is 2.46. The molecule has 7 heteroatoms. The summed E-state index contributed by atoms with van der Waals surface area (Å²) in [6.07, 6.45) is 0. The number of rotatable bonds is 2. The molecule has 0 radical (unpaired) electrons. The molecule has 3 aromatic carbocycles. The summed E-state index contributed by atoms with van der Waals surface area (Å²) in [6.45, 7) is 4.15. The molecule has 6 rings (SSSR count). The zero-order chi connectivity index (χ0) is 25.3. The van der Waals surface area contributed by atoms with Gasteiger partial charge >= 0.3 is 5.69 Å². The lowest BCUT2D eigenvalue weighted by Crippen LogP contribution is -2.37. The topological polar surface area (TPSA) is 81.2 Å². The van der Waals surface area contributed by atoms with E-state index >= 15 is 0 Å². The van der Waals surface area contributed by atoms with E-state index in [-0.39, 0.29) is 23.0 Å². The Morgan fingerprint density at radius 1 is 0.861 bits per heavy atom. The minimum atomic E-state index is -0.379. The minimum Gasteiger partial charge on any atom is -0.508 e. The summed E-state index contributed by atoms with van der Waals surface area (Å²) in [6, 6.07) is 20.8. The van der Waals surface area contributed by atoms with Gasteiger partial charge in [0.1, 0.15) is 5.75 Å². The van der Waals surface area contributed by atoms with Crippen molar-refractivity contribution in [2.24, 2.45) is 14.1 Å². The van der Waals surface area contributed by atoms with Gasteiger partial charge in [-0.1, -0.05) is 42.5 Å². The highest BCUT2D eigenvalue weighted by Gasteiger charge is 2.35. The fraction of sp³-hybridized carbons (Fsp3) is 0.172. The Bertz CT molecular complexity index is 1790. The van der Waals surface area contributed by atoms with Crippen LogP contribution in [0.3, 0.4) is 0 Å². The summed E-state index contributed by atoms with van der Waals surface area (Å²) >= 11 is 0. The van der Waals surface area contributed by atoms with Crippen LogP contribution < -0.4 is 16.6 Å². The lowest BCUT2D eigenvalue weighted by Gasteiger charge is -2.32. The number of phenolic OH excluding ortho intramolecular Hbond substituents is 1. The molecule has 0 spiro atoms. The van der Waals surface area contributed by atoms with E-state index in [9.17, 15) is 14.7 Å². The monoisotopic (exact) mass is 478 g/mol. The van der Waals surface area contributed by atoms with E-state index in [0.29, 0.717) is 10.9 Å². The van der Waals surface area contributed by atoms with Crippen LogP contribution in [-0.4, -0.2) is 18.8 Å². The standard InChI is InChI=1S/C29H26N4O3/c1-16-14-21-22(15-17(16)2)33-25(19-8-6-5-7-9-19)23-26(31(3)29(36)32(4)28(23)35)27(33)24(30-21)18-10-12-20(34)13-11-18/h5-15,24,30,34H,1-4H3. The van der Waals surface area contributed by atoms with Crippen molar-refractivity contribution in [2.75, 3.05) is 5.32 Å². The molecule has 0 saturated carbocycles. The molecule has 2 N–H and O–H groups in total. The summed E-state index contributed by atoms with van der Waals surface area (Å²) in [5, 5.41) is 14.1. The van der Waals surface area contributed by atoms with Gasteiger partial charge in [-0.25, -0.2) is 4.79 Å². The highest BCUT2D eigenvalue weighted by atomic mass is 16.3. The molecule has 1 aliphatic heterocycles. The van der Waals surface area contributed by atoms with Crippen molar-refractivity contribution in [1.29, 1.82) is 0 Å². The lowest BCUT2D eigenvalue weighted by molar-refractivity contribution is 0.475.